The molecule has 1 N–H and O–H groups in total. The Bertz CT molecular complexity index is 1970. The van der Waals surface area contributed by atoms with E-state index < -0.39 is 67.1 Å². The lowest BCUT2D eigenvalue weighted by atomic mass is 9.96. The molecule has 6 rings (SSSR count). The topological polar surface area (TPSA) is 170 Å². The van der Waals surface area contributed by atoms with Gasteiger partial charge in [0.1, 0.15) is 17.1 Å². The van der Waals surface area contributed by atoms with Crippen molar-refractivity contribution in [3.8, 4) is 0 Å². The molecule has 1 fully saturated rings. The highest BCUT2D eigenvalue weighted by atomic mass is 16.7. The zero-order valence-electron chi connectivity index (χ0n) is 29.1. The van der Waals surface area contributed by atoms with Crippen LogP contribution in [0.15, 0.2) is 113 Å². The predicted octanol–water partition coefficient (Wildman–Crippen LogP) is 5.55. The minimum Gasteiger partial charge on any atom is -0.455 e. The quantitative estimate of drug-likeness (QED) is 0.0764. The second kappa shape index (κ2) is 17.3. The average Bonchev–Trinajstić information content (AvgIpc) is 3.79. The van der Waals surface area contributed by atoms with Gasteiger partial charge in [-0.3, -0.25) is 9.59 Å². The highest BCUT2D eigenvalue weighted by Gasteiger charge is 2.53. The fourth-order valence-electron chi connectivity index (χ4n) is 6.21. The van der Waals surface area contributed by atoms with Crippen LogP contribution in [0.25, 0.3) is 22.2 Å². The Hall–Kier alpha value is -5.63. The summed E-state index contributed by atoms with van der Waals surface area (Å²) in [6.07, 6.45) is -3.41. The summed E-state index contributed by atoms with van der Waals surface area (Å²) in [6.45, 7) is 6.93. The van der Waals surface area contributed by atoms with Crippen LogP contribution in [-0.4, -0.2) is 77.4 Å². The molecular weight excluding hydrogens is 684 g/mol. The number of methoxy groups -OCH3 is 1. The summed E-state index contributed by atoms with van der Waals surface area (Å²) in [5, 5.41) is 10.5. The molecule has 3 aromatic carbocycles. The molecule has 5 aromatic rings. The molecule has 0 radical (unpaired) electrons. The second-order valence-corrected chi connectivity index (χ2v) is 12.5. The third-order valence-corrected chi connectivity index (χ3v) is 8.85. The van der Waals surface area contributed by atoms with Crippen LogP contribution < -0.4 is 0 Å². The zero-order valence-corrected chi connectivity index (χ0v) is 29.1. The van der Waals surface area contributed by atoms with E-state index in [2.05, 4.69) is 23.1 Å². The number of esters is 3. The Morgan fingerprint density at radius 1 is 0.736 bits per heavy atom. The molecule has 0 spiro atoms. The van der Waals surface area contributed by atoms with Crippen LogP contribution in [-0.2, 0) is 46.1 Å². The van der Waals surface area contributed by atoms with Crippen molar-refractivity contribution in [1.29, 1.82) is 0 Å². The van der Waals surface area contributed by atoms with Gasteiger partial charge < -0.3 is 37.6 Å². The predicted molar refractivity (Wildman–Crippen MR) is 190 cm³/mol. The van der Waals surface area contributed by atoms with Crippen LogP contribution in [0.1, 0.15) is 35.0 Å². The summed E-state index contributed by atoms with van der Waals surface area (Å²) >= 11 is 0. The van der Waals surface area contributed by atoms with Crippen molar-refractivity contribution < 1.29 is 52.0 Å². The molecule has 13 nitrogen and oxygen atoms in total. The summed E-state index contributed by atoms with van der Waals surface area (Å²) in [6, 6.07) is 22.6. The van der Waals surface area contributed by atoms with Gasteiger partial charge in [-0.2, -0.15) is 0 Å². The van der Waals surface area contributed by atoms with Crippen LogP contribution in [0.3, 0.4) is 0 Å². The van der Waals surface area contributed by atoms with Gasteiger partial charge in [-0.05, 0) is 49.2 Å². The molecule has 53 heavy (non-hydrogen) atoms. The Morgan fingerprint density at radius 2 is 1.25 bits per heavy atom. The third-order valence-electron chi connectivity index (χ3n) is 8.85. The number of benzene rings is 3. The molecule has 2 aromatic heterocycles. The number of aliphatic hydroxyl groups excluding tert-OH is 1. The Morgan fingerprint density at radius 3 is 1.74 bits per heavy atom. The number of carbonyl (C=O) groups is 3. The normalized spacial score (nSPS) is 21.1. The number of hydrogen-bond donors (Lipinski definition) is 1. The van der Waals surface area contributed by atoms with Crippen LogP contribution in [0.2, 0.25) is 0 Å². The van der Waals surface area contributed by atoms with Crippen molar-refractivity contribution in [2.75, 3.05) is 13.7 Å². The van der Waals surface area contributed by atoms with Crippen molar-refractivity contribution in [3.63, 3.8) is 0 Å². The van der Waals surface area contributed by atoms with Crippen LogP contribution in [0.4, 0.5) is 0 Å². The highest BCUT2D eigenvalue weighted by Crippen LogP contribution is 2.32. The Kier molecular flexibility index (Phi) is 12.1. The number of rotatable bonds is 16. The molecule has 276 valence electrons. The fraction of sp³-hybridized carbons (Fsp3) is 0.325. The van der Waals surface area contributed by atoms with E-state index in [1.165, 1.54) is 7.11 Å². The summed E-state index contributed by atoms with van der Waals surface area (Å²) in [4.78, 5) is 50.5. The molecule has 7 atom stereocenters. The lowest BCUT2D eigenvalue weighted by Gasteiger charge is -2.44. The standard InChI is InChI=1S/C40H40N2O11/c1-4-13-25(21-32-41-27-17-9-11-19-29(27)48-32)38(45)51-34-31(23-43)50-40(47-3)36(53-37(44)24-15-7-6-8-16-24)35(34)52-39(46)26(14-5-2)22-33-42-28-18-10-12-20-30(28)49-33/h4-12,15-20,25-26,31,34-36,40,43H,1-2,13-14,21-23H2,3H3/t25-,26-,31-,34+,35+,36-,40+/m1/s1. The highest BCUT2D eigenvalue weighted by molar-refractivity contribution is 5.89. The molecule has 1 aliphatic heterocycles. The maximum absolute atomic E-state index is 14.1. The first-order valence-electron chi connectivity index (χ1n) is 17.2. The van der Waals surface area contributed by atoms with E-state index >= 15 is 0 Å². The number of para-hydroxylation sites is 4. The number of aromatic nitrogens is 2. The SMILES string of the molecule is C=CC[C@H](Cc1nc2ccccc2o1)C(=O)O[C@H]1[C@@H](OC(=O)[C@H](CC=C)Cc2nc3ccccc3o2)[C@@H](CO)O[C@H](OC)[C@@H]1OC(=O)c1ccccc1. The number of ether oxygens (including phenoxy) is 5. The molecule has 0 amide bonds. The van der Waals surface area contributed by atoms with E-state index in [-0.39, 0.29) is 31.2 Å². The zero-order chi connectivity index (χ0) is 37.3. The van der Waals surface area contributed by atoms with E-state index in [1.807, 2.05) is 24.3 Å². The number of carbonyl (C=O) groups excluding carboxylic acids is 3. The van der Waals surface area contributed by atoms with Crippen LogP contribution in [0.5, 0.6) is 0 Å². The van der Waals surface area contributed by atoms with Crippen molar-refractivity contribution in [2.24, 2.45) is 11.8 Å². The largest absolute Gasteiger partial charge is 0.455 e. The molecule has 13 heteroatoms. The van der Waals surface area contributed by atoms with Gasteiger partial charge >= 0.3 is 17.9 Å². The molecule has 0 saturated carbocycles. The fourth-order valence-corrected chi connectivity index (χ4v) is 6.21. The van der Waals surface area contributed by atoms with Gasteiger partial charge in [0.15, 0.2) is 47.5 Å². The smallest absolute Gasteiger partial charge is 0.338 e. The van der Waals surface area contributed by atoms with Gasteiger partial charge in [0.05, 0.1) is 24.0 Å². The molecule has 0 unspecified atom stereocenters. The molecule has 1 saturated heterocycles. The number of oxazole rings is 2. The number of aliphatic hydroxyl groups is 1. The van der Waals surface area contributed by atoms with E-state index in [4.69, 9.17) is 32.5 Å². The maximum Gasteiger partial charge on any atom is 0.338 e. The lowest BCUT2D eigenvalue weighted by Crippen LogP contribution is -2.63. The number of fused-ring (bicyclic) bond motifs is 2. The average molecular weight is 725 g/mol. The Balaban J connectivity index is 1.31. The number of hydrogen-bond acceptors (Lipinski definition) is 13. The maximum atomic E-state index is 14.1. The van der Waals surface area contributed by atoms with E-state index in [9.17, 15) is 19.5 Å². The van der Waals surface area contributed by atoms with E-state index in [0.29, 0.717) is 34.0 Å². The molecular formula is C40H40N2O11. The first-order chi connectivity index (χ1) is 25.8. The van der Waals surface area contributed by atoms with Gasteiger partial charge in [0, 0.05) is 20.0 Å². The minimum absolute atomic E-state index is 0.0464. The first kappa shape index (κ1) is 37.1. The third kappa shape index (κ3) is 8.71. The van der Waals surface area contributed by atoms with Crippen molar-refractivity contribution in [2.45, 2.75) is 56.4 Å². The molecule has 0 aliphatic carbocycles. The van der Waals surface area contributed by atoms with E-state index in [1.54, 1.807) is 66.7 Å². The molecule has 0 bridgehead atoms. The Labute approximate surface area is 305 Å². The monoisotopic (exact) mass is 724 g/mol. The molecule has 3 heterocycles. The summed E-state index contributed by atoms with van der Waals surface area (Å²) in [5.74, 6) is -3.35. The van der Waals surface area contributed by atoms with Gasteiger partial charge in [-0.15, -0.1) is 13.2 Å². The summed E-state index contributed by atoms with van der Waals surface area (Å²) in [5.41, 5.74) is 2.56. The first-order valence-corrected chi connectivity index (χ1v) is 17.2. The summed E-state index contributed by atoms with van der Waals surface area (Å²) < 4.78 is 41.4. The minimum atomic E-state index is -1.50. The number of nitrogens with zero attached hydrogens (tertiary/aromatic N) is 2. The van der Waals surface area contributed by atoms with Crippen LogP contribution in [0, 0.1) is 11.8 Å². The van der Waals surface area contributed by atoms with Crippen LogP contribution >= 0.6 is 0 Å². The van der Waals surface area contributed by atoms with Gasteiger partial charge in [0.25, 0.3) is 0 Å². The second-order valence-electron chi connectivity index (χ2n) is 12.5. The van der Waals surface area contributed by atoms with E-state index in [0.717, 1.165) is 0 Å². The summed E-state index contributed by atoms with van der Waals surface area (Å²) in [7, 11) is 1.31. The van der Waals surface area contributed by atoms with Gasteiger partial charge in [0.2, 0.25) is 0 Å². The molecule has 1 aliphatic rings. The lowest BCUT2D eigenvalue weighted by molar-refractivity contribution is -0.300. The van der Waals surface area contributed by atoms with Crippen molar-refractivity contribution in [3.05, 3.63) is 122 Å². The van der Waals surface area contributed by atoms with Gasteiger partial charge in [-0.1, -0.05) is 54.6 Å². The number of allylic oxidation sites excluding steroid dienone is 2. The van der Waals surface area contributed by atoms with Crippen molar-refractivity contribution >= 4 is 40.1 Å². The van der Waals surface area contributed by atoms with Gasteiger partial charge in [-0.25, -0.2) is 14.8 Å². The van der Waals surface area contributed by atoms with Crippen molar-refractivity contribution in [1.82, 2.24) is 9.97 Å².